The number of methoxy groups -OCH3 is 1. The van der Waals surface area contributed by atoms with Crippen molar-refractivity contribution in [3.63, 3.8) is 0 Å². The van der Waals surface area contributed by atoms with E-state index in [4.69, 9.17) is 10.5 Å². The molecule has 0 bridgehead atoms. The first-order valence-corrected chi connectivity index (χ1v) is 6.14. The van der Waals surface area contributed by atoms with Gasteiger partial charge in [0.05, 0.1) is 6.10 Å². The first kappa shape index (κ1) is 12.9. The lowest BCUT2D eigenvalue weighted by molar-refractivity contribution is 0.0861. The van der Waals surface area contributed by atoms with Gasteiger partial charge >= 0.3 is 0 Å². The summed E-state index contributed by atoms with van der Waals surface area (Å²) in [6.45, 7) is 7.55. The van der Waals surface area contributed by atoms with E-state index in [2.05, 4.69) is 18.7 Å². The predicted molar refractivity (Wildman–Crippen MR) is 63.9 cm³/mol. The van der Waals surface area contributed by atoms with Crippen LogP contribution in [0, 0.1) is 5.92 Å². The molecule has 0 saturated heterocycles. The Morgan fingerprint density at radius 2 is 2.07 bits per heavy atom. The second kappa shape index (κ2) is 6.46. The monoisotopic (exact) mass is 214 g/mol. The van der Waals surface area contributed by atoms with Crippen LogP contribution in [0.15, 0.2) is 0 Å². The number of hydrogen-bond acceptors (Lipinski definition) is 3. The summed E-state index contributed by atoms with van der Waals surface area (Å²) in [5, 5.41) is 0. The third-order valence-electron chi connectivity index (χ3n) is 3.00. The van der Waals surface area contributed by atoms with Crippen molar-refractivity contribution >= 4 is 0 Å². The maximum absolute atomic E-state index is 5.62. The van der Waals surface area contributed by atoms with Crippen molar-refractivity contribution in [2.24, 2.45) is 11.7 Å². The normalized spacial score (nSPS) is 18.8. The Morgan fingerprint density at radius 3 is 2.47 bits per heavy atom. The van der Waals surface area contributed by atoms with Gasteiger partial charge in [-0.25, -0.2) is 0 Å². The van der Waals surface area contributed by atoms with Crippen LogP contribution in [0.4, 0.5) is 0 Å². The Labute approximate surface area is 94.0 Å². The smallest absolute Gasteiger partial charge is 0.0705 e. The van der Waals surface area contributed by atoms with Crippen molar-refractivity contribution in [1.82, 2.24) is 4.90 Å². The lowest BCUT2D eigenvalue weighted by Crippen LogP contribution is -2.34. The summed E-state index contributed by atoms with van der Waals surface area (Å²) in [7, 11) is 1.75. The largest absolute Gasteiger partial charge is 0.380 e. The van der Waals surface area contributed by atoms with Gasteiger partial charge in [0.15, 0.2) is 0 Å². The van der Waals surface area contributed by atoms with Crippen LogP contribution < -0.4 is 5.73 Å². The summed E-state index contributed by atoms with van der Waals surface area (Å²) in [6, 6.07) is 0.850. The number of ether oxygens (including phenoxy) is 1. The highest BCUT2D eigenvalue weighted by Gasteiger charge is 2.29. The summed E-state index contributed by atoms with van der Waals surface area (Å²) >= 11 is 0. The number of nitrogens with two attached hydrogens (primary N) is 1. The molecule has 0 amide bonds. The number of hydrogen-bond donors (Lipinski definition) is 1. The average Bonchev–Trinajstić information content (AvgIpc) is 3.00. The molecule has 15 heavy (non-hydrogen) atoms. The van der Waals surface area contributed by atoms with E-state index >= 15 is 0 Å². The summed E-state index contributed by atoms with van der Waals surface area (Å²) in [4.78, 5) is 2.60. The van der Waals surface area contributed by atoms with E-state index in [-0.39, 0.29) is 6.10 Å². The second-order valence-corrected chi connectivity index (χ2v) is 5.00. The molecule has 0 spiro atoms. The van der Waals surface area contributed by atoms with Crippen LogP contribution in [0.5, 0.6) is 0 Å². The van der Waals surface area contributed by atoms with Crippen LogP contribution in [-0.2, 0) is 4.74 Å². The molecule has 1 aliphatic carbocycles. The lowest BCUT2D eigenvalue weighted by Gasteiger charge is -2.25. The molecule has 2 N–H and O–H groups in total. The molecule has 1 rings (SSSR count). The van der Waals surface area contributed by atoms with Gasteiger partial charge in [-0.2, -0.15) is 0 Å². The molecule has 1 unspecified atom stereocenters. The lowest BCUT2D eigenvalue weighted by atomic mass is 10.2. The zero-order chi connectivity index (χ0) is 11.3. The molecule has 0 aromatic rings. The van der Waals surface area contributed by atoms with Crippen molar-refractivity contribution in [2.45, 2.75) is 45.3 Å². The molecular formula is C12H26N2O. The molecule has 0 aromatic carbocycles. The van der Waals surface area contributed by atoms with Gasteiger partial charge in [-0.3, -0.25) is 0 Å². The Balaban J connectivity index is 2.24. The summed E-state index contributed by atoms with van der Waals surface area (Å²) in [5.74, 6) is 0.754. The highest BCUT2D eigenvalue weighted by Crippen LogP contribution is 2.27. The van der Waals surface area contributed by atoms with E-state index in [9.17, 15) is 0 Å². The average molecular weight is 214 g/mol. The Bertz CT molecular complexity index is 165. The van der Waals surface area contributed by atoms with Gasteiger partial charge < -0.3 is 15.4 Å². The van der Waals surface area contributed by atoms with Crippen molar-refractivity contribution in [3.05, 3.63) is 0 Å². The van der Waals surface area contributed by atoms with Gasteiger partial charge in [-0.15, -0.1) is 0 Å². The van der Waals surface area contributed by atoms with Crippen molar-refractivity contribution in [3.8, 4) is 0 Å². The fourth-order valence-electron chi connectivity index (χ4n) is 1.97. The standard InChI is InChI=1S/C12H26N2O/c1-10(2)9-14(11-4-5-11)7-6-12(8-13)15-3/h10-12H,4-9,13H2,1-3H3. The molecule has 0 heterocycles. The Hall–Kier alpha value is -0.120. The van der Waals surface area contributed by atoms with Gasteiger partial charge in [0.25, 0.3) is 0 Å². The summed E-state index contributed by atoms with van der Waals surface area (Å²) in [5.41, 5.74) is 5.62. The molecule has 3 nitrogen and oxygen atoms in total. The van der Waals surface area contributed by atoms with Crippen molar-refractivity contribution < 1.29 is 4.74 Å². The van der Waals surface area contributed by atoms with Crippen molar-refractivity contribution in [1.29, 1.82) is 0 Å². The highest BCUT2D eigenvalue weighted by molar-refractivity contribution is 4.85. The summed E-state index contributed by atoms with van der Waals surface area (Å²) in [6.07, 6.45) is 4.06. The minimum atomic E-state index is 0.235. The predicted octanol–water partition coefficient (Wildman–Crippen LogP) is 1.47. The minimum Gasteiger partial charge on any atom is -0.380 e. The Kier molecular flexibility index (Phi) is 5.58. The molecule has 90 valence electrons. The van der Waals surface area contributed by atoms with Gasteiger partial charge in [0, 0.05) is 32.8 Å². The third-order valence-corrected chi connectivity index (χ3v) is 3.00. The molecule has 3 heteroatoms. The first-order chi connectivity index (χ1) is 7.17. The fourth-order valence-corrected chi connectivity index (χ4v) is 1.97. The quantitative estimate of drug-likeness (QED) is 0.665. The van der Waals surface area contributed by atoms with Crippen LogP contribution in [0.2, 0.25) is 0 Å². The van der Waals surface area contributed by atoms with E-state index in [0.29, 0.717) is 6.54 Å². The number of rotatable bonds is 8. The van der Waals surface area contributed by atoms with Crippen molar-refractivity contribution in [2.75, 3.05) is 26.7 Å². The highest BCUT2D eigenvalue weighted by atomic mass is 16.5. The van der Waals surface area contributed by atoms with E-state index in [1.807, 2.05) is 0 Å². The topological polar surface area (TPSA) is 38.5 Å². The van der Waals surface area contributed by atoms with Crippen LogP contribution in [0.1, 0.15) is 33.1 Å². The molecule has 0 radical (unpaired) electrons. The maximum Gasteiger partial charge on any atom is 0.0705 e. The van der Waals surface area contributed by atoms with Gasteiger partial charge in [-0.05, 0) is 25.2 Å². The van der Waals surface area contributed by atoms with E-state index in [1.165, 1.54) is 19.4 Å². The summed E-state index contributed by atoms with van der Waals surface area (Å²) < 4.78 is 5.30. The number of nitrogens with zero attached hydrogens (tertiary/aromatic N) is 1. The minimum absolute atomic E-state index is 0.235. The van der Waals surface area contributed by atoms with E-state index in [1.54, 1.807) is 7.11 Å². The molecule has 1 atom stereocenters. The molecule has 0 aromatic heterocycles. The maximum atomic E-state index is 5.62. The molecule has 0 aliphatic heterocycles. The zero-order valence-electron chi connectivity index (χ0n) is 10.4. The van der Waals surface area contributed by atoms with Gasteiger partial charge in [-0.1, -0.05) is 13.8 Å². The van der Waals surface area contributed by atoms with Crippen LogP contribution in [0.25, 0.3) is 0 Å². The SMILES string of the molecule is COC(CN)CCN(CC(C)C)C1CC1. The molecular weight excluding hydrogens is 188 g/mol. The van der Waals surface area contributed by atoms with Gasteiger partial charge in [0.1, 0.15) is 0 Å². The van der Waals surface area contributed by atoms with E-state index < -0.39 is 0 Å². The third kappa shape index (κ3) is 4.96. The molecule has 1 saturated carbocycles. The Morgan fingerprint density at radius 1 is 1.40 bits per heavy atom. The second-order valence-electron chi connectivity index (χ2n) is 5.00. The van der Waals surface area contributed by atoms with Gasteiger partial charge in [0.2, 0.25) is 0 Å². The molecule has 1 fully saturated rings. The van der Waals surface area contributed by atoms with Crippen LogP contribution in [0.3, 0.4) is 0 Å². The van der Waals surface area contributed by atoms with Crippen LogP contribution in [-0.4, -0.2) is 43.8 Å². The molecule has 1 aliphatic rings. The fraction of sp³-hybridized carbons (Fsp3) is 1.00. The first-order valence-electron chi connectivity index (χ1n) is 6.14. The zero-order valence-corrected chi connectivity index (χ0v) is 10.4. The van der Waals surface area contributed by atoms with E-state index in [0.717, 1.165) is 24.9 Å². The van der Waals surface area contributed by atoms with Crippen LogP contribution >= 0.6 is 0 Å².